The highest BCUT2D eigenvalue weighted by molar-refractivity contribution is 5.47. The van der Waals surface area contributed by atoms with Gasteiger partial charge in [-0.2, -0.15) is 9.78 Å². The first-order valence-corrected chi connectivity index (χ1v) is 13.0. The van der Waals surface area contributed by atoms with E-state index in [9.17, 15) is 18.0 Å². The van der Waals surface area contributed by atoms with E-state index in [1.807, 2.05) is 18.2 Å². The predicted molar refractivity (Wildman–Crippen MR) is 136 cm³/mol. The molecule has 2 aliphatic heterocycles. The fraction of sp³-hybridized carbons (Fsp3) is 0.423. The summed E-state index contributed by atoms with van der Waals surface area (Å²) in [6, 6.07) is 14.1. The van der Waals surface area contributed by atoms with Crippen LogP contribution in [0, 0.1) is 0 Å². The standard InChI is InChI=1S/C26H27F3N8O4/c1-39-20-9-8-18(37-24(33-34-35-37)41-26(27,28)29)12-19(20)17-13-25(40-15-17)10-5-11-36(14-21-30-23(38)32-31-21)22(25)16-6-3-2-4-7-16/h2-4,6-9,12,17,22H,5,10-11,13-15H2,1H3,(H2,30,31,32,38)/t17-,22+,25-/m1/s1. The van der Waals surface area contributed by atoms with Gasteiger partial charge in [0.25, 0.3) is 0 Å². The lowest BCUT2D eigenvalue weighted by atomic mass is 9.75. The number of rotatable bonds is 7. The molecule has 2 aromatic heterocycles. The summed E-state index contributed by atoms with van der Waals surface area (Å²) in [7, 11) is 1.54. The number of methoxy groups -OCH3 is 1. The summed E-state index contributed by atoms with van der Waals surface area (Å²) in [6.45, 7) is 1.58. The van der Waals surface area contributed by atoms with Crippen LogP contribution in [0.25, 0.3) is 5.69 Å². The maximum Gasteiger partial charge on any atom is 0.575 e. The van der Waals surface area contributed by atoms with Crippen LogP contribution in [0.4, 0.5) is 13.2 Å². The first kappa shape index (κ1) is 27.0. The van der Waals surface area contributed by atoms with Crippen molar-refractivity contribution in [2.75, 3.05) is 20.3 Å². The molecule has 41 heavy (non-hydrogen) atoms. The van der Waals surface area contributed by atoms with Gasteiger partial charge in [-0.3, -0.25) is 9.88 Å². The van der Waals surface area contributed by atoms with Crippen LogP contribution < -0.4 is 15.2 Å². The molecule has 216 valence electrons. The van der Waals surface area contributed by atoms with Crippen molar-refractivity contribution in [3.05, 3.63) is 76.0 Å². The molecule has 0 radical (unpaired) electrons. The summed E-state index contributed by atoms with van der Waals surface area (Å²) in [5.41, 5.74) is 1.20. The molecule has 4 aromatic rings. The average molecular weight is 573 g/mol. The fourth-order valence-corrected chi connectivity index (χ4v) is 6.12. The summed E-state index contributed by atoms with van der Waals surface area (Å²) in [5.74, 6) is 0.976. The Bertz CT molecular complexity index is 1560. The van der Waals surface area contributed by atoms with Crippen LogP contribution in [0.1, 0.15) is 48.2 Å². The summed E-state index contributed by atoms with van der Waals surface area (Å²) in [4.78, 5) is 16.7. The van der Waals surface area contributed by atoms with Gasteiger partial charge in [0, 0.05) is 11.5 Å². The van der Waals surface area contributed by atoms with Crippen LogP contribution in [0.3, 0.4) is 0 Å². The van der Waals surface area contributed by atoms with Crippen molar-refractivity contribution in [2.45, 2.75) is 49.7 Å². The highest BCUT2D eigenvalue weighted by atomic mass is 19.4. The molecule has 2 aromatic carbocycles. The number of halogens is 3. The molecular weight excluding hydrogens is 545 g/mol. The van der Waals surface area contributed by atoms with E-state index in [4.69, 9.17) is 9.47 Å². The van der Waals surface area contributed by atoms with E-state index >= 15 is 0 Å². The molecule has 6 rings (SSSR count). The van der Waals surface area contributed by atoms with Gasteiger partial charge in [-0.15, -0.1) is 13.2 Å². The molecule has 15 heteroatoms. The van der Waals surface area contributed by atoms with E-state index in [-0.39, 0.29) is 17.6 Å². The highest BCUT2D eigenvalue weighted by Crippen LogP contribution is 2.52. The van der Waals surface area contributed by atoms with Crippen LogP contribution in [0.15, 0.2) is 53.3 Å². The molecular formula is C26H27F3N8O4. The Morgan fingerprint density at radius 3 is 2.76 bits per heavy atom. The smallest absolute Gasteiger partial charge is 0.496 e. The molecule has 2 saturated heterocycles. The summed E-state index contributed by atoms with van der Waals surface area (Å²) in [6.07, 6.45) is -2.66. The normalized spacial score (nSPS) is 23.2. The van der Waals surface area contributed by atoms with Gasteiger partial charge in [0.05, 0.1) is 37.6 Å². The number of hydrogen-bond donors (Lipinski definition) is 2. The second-order valence-electron chi connectivity index (χ2n) is 10.1. The Morgan fingerprint density at radius 1 is 1.20 bits per heavy atom. The van der Waals surface area contributed by atoms with E-state index in [0.717, 1.165) is 35.2 Å². The van der Waals surface area contributed by atoms with E-state index in [1.54, 1.807) is 25.3 Å². The Hall–Kier alpha value is -4.24. The zero-order chi connectivity index (χ0) is 28.6. The van der Waals surface area contributed by atoms with Gasteiger partial charge in [-0.1, -0.05) is 35.4 Å². The van der Waals surface area contributed by atoms with Gasteiger partial charge >= 0.3 is 18.1 Å². The van der Waals surface area contributed by atoms with Crippen LogP contribution in [-0.4, -0.2) is 72.5 Å². The summed E-state index contributed by atoms with van der Waals surface area (Å²) >= 11 is 0. The topological polar surface area (TPSA) is 136 Å². The lowest BCUT2D eigenvalue weighted by molar-refractivity contribution is -0.278. The molecule has 0 unspecified atom stereocenters. The number of tetrazole rings is 1. The first-order valence-electron chi connectivity index (χ1n) is 13.0. The Labute approximate surface area is 231 Å². The molecule has 4 heterocycles. The van der Waals surface area contributed by atoms with Crippen LogP contribution in [0.2, 0.25) is 0 Å². The van der Waals surface area contributed by atoms with Crippen molar-refractivity contribution < 1.29 is 27.4 Å². The molecule has 2 aliphatic rings. The average Bonchev–Trinajstić information content (AvgIpc) is 3.69. The number of aromatic amines is 2. The van der Waals surface area contributed by atoms with Gasteiger partial charge in [0.2, 0.25) is 0 Å². The lowest BCUT2D eigenvalue weighted by Gasteiger charge is -2.47. The number of ether oxygens (including phenoxy) is 3. The Kier molecular flexibility index (Phi) is 6.99. The van der Waals surface area contributed by atoms with Crippen molar-refractivity contribution in [2.24, 2.45) is 0 Å². The second-order valence-corrected chi connectivity index (χ2v) is 10.1. The minimum Gasteiger partial charge on any atom is -0.496 e. The molecule has 0 aliphatic carbocycles. The van der Waals surface area contributed by atoms with E-state index in [2.05, 4.69) is 52.5 Å². The lowest BCUT2D eigenvalue weighted by Crippen LogP contribution is -2.50. The third kappa shape index (κ3) is 5.41. The molecule has 0 bridgehead atoms. The number of alkyl halides is 3. The third-order valence-electron chi connectivity index (χ3n) is 7.64. The fourth-order valence-electron chi connectivity index (χ4n) is 6.12. The third-order valence-corrected chi connectivity index (χ3v) is 7.64. The maximum absolute atomic E-state index is 12.9. The first-order chi connectivity index (χ1) is 19.7. The molecule has 3 atom stereocenters. The Morgan fingerprint density at radius 2 is 2.02 bits per heavy atom. The van der Waals surface area contributed by atoms with Crippen molar-refractivity contribution in [3.63, 3.8) is 0 Å². The van der Waals surface area contributed by atoms with Gasteiger partial charge < -0.3 is 14.2 Å². The zero-order valence-electron chi connectivity index (χ0n) is 22.0. The van der Waals surface area contributed by atoms with Gasteiger partial charge in [-0.25, -0.2) is 9.89 Å². The number of nitrogens with one attached hydrogen (secondary N) is 2. The largest absolute Gasteiger partial charge is 0.575 e. The second kappa shape index (κ2) is 10.6. The molecule has 12 nitrogen and oxygen atoms in total. The highest BCUT2D eigenvalue weighted by Gasteiger charge is 2.52. The number of H-pyrrole nitrogens is 2. The number of piperidine rings is 1. The monoisotopic (exact) mass is 572 g/mol. The predicted octanol–water partition coefficient (Wildman–Crippen LogP) is 3.26. The van der Waals surface area contributed by atoms with E-state index < -0.39 is 18.0 Å². The van der Waals surface area contributed by atoms with Crippen molar-refractivity contribution in [1.82, 2.24) is 40.3 Å². The van der Waals surface area contributed by atoms with Gasteiger partial charge in [-0.05, 0) is 60.0 Å². The van der Waals surface area contributed by atoms with Gasteiger partial charge in [0.1, 0.15) is 11.6 Å². The van der Waals surface area contributed by atoms with Crippen LogP contribution in [-0.2, 0) is 11.3 Å². The van der Waals surface area contributed by atoms with E-state index in [0.29, 0.717) is 36.8 Å². The quantitative estimate of drug-likeness (QED) is 0.342. The number of likely N-dealkylation sites (tertiary alicyclic amines) is 1. The molecule has 0 saturated carbocycles. The summed E-state index contributed by atoms with van der Waals surface area (Å²) in [5, 5.41) is 17.0. The van der Waals surface area contributed by atoms with Crippen molar-refractivity contribution in [3.8, 4) is 17.4 Å². The summed E-state index contributed by atoms with van der Waals surface area (Å²) < 4.78 is 56.0. The number of aromatic nitrogens is 7. The van der Waals surface area contributed by atoms with E-state index in [1.165, 1.54) is 0 Å². The minimum atomic E-state index is -4.95. The number of nitrogens with zero attached hydrogens (tertiary/aromatic N) is 6. The zero-order valence-corrected chi connectivity index (χ0v) is 22.0. The molecule has 2 N–H and O–H groups in total. The SMILES string of the molecule is COc1ccc(-n2nnnc2OC(F)(F)F)cc1[C@H]1CO[C@]2(CCCN(Cc3n[nH]c(=O)[nH]3)[C@H]2c2ccccc2)C1. The maximum atomic E-state index is 12.9. The molecule has 0 amide bonds. The van der Waals surface area contributed by atoms with Gasteiger partial charge in [0.15, 0.2) is 0 Å². The van der Waals surface area contributed by atoms with Crippen LogP contribution in [0.5, 0.6) is 11.8 Å². The number of hydrogen-bond acceptors (Lipinski definition) is 9. The molecule has 1 spiro atoms. The minimum absolute atomic E-state index is 0.135. The number of benzene rings is 2. The Balaban J connectivity index is 1.34. The van der Waals surface area contributed by atoms with Crippen molar-refractivity contribution >= 4 is 0 Å². The van der Waals surface area contributed by atoms with Crippen molar-refractivity contribution in [1.29, 1.82) is 0 Å². The van der Waals surface area contributed by atoms with Crippen LogP contribution >= 0.6 is 0 Å². The molecule has 2 fully saturated rings.